The Kier molecular flexibility index (Phi) is 7.33. The van der Waals surface area contributed by atoms with Gasteiger partial charge in [-0.1, -0.05) is 35.9 Å². The van der Waals surface area contributed by atoms with Crippen molar-refractivity contribution in [1.82, 2.24) is 10.6 Å². The Hall–Kier alpha value is -1.97. The highest BCUT2D eigenvalue weighted by atomic mass is 35.5. The predicted molar refractivity (Wildman–Crippen MR) is 130 cm³/mol. The highest BCUT2D eigenvalue weighted by molar-refractivity contribution is 7.98. The van der Waals surface area contributed by atoms with Crippen LogP contribution in [0.3, 0.4) is 0 Å². The van der Waals surface area contributed by atoms with Crippen molar-refractivity contribution < 1.29 is 27.5 Å². The number of allylic oxidation sites excluding steroid dienone is 3. The molecule has 35 heavy (non-hydrogen) atoms. The molecule has 2 N–H and O–H groups in total. The molecule has 1 aliphatic carbocycles. The molecule has 1 unspecified atom stereocenters. The van der Waals surface area contributed by atoms with E-state index in [4.69, 9.17) is 16.3 Å². The van der Waals surface area contributed by atoms with Crippen LogP contribution in [0, 0.1) is 5.92 Å². The van der Waals surface area contributed by atoms with Crippen molar-refractivity contribution in [2.45, 2.75) is 62.6 Å². The molecule has 2 amide bonds. The fourth-order valence-electron chi connectivity index (χ4n) is 5.19. The summed E-state index contributed by atoms with van der Waals surface area (Å²) in [5.41, 5.74) is -1.01. The Bertz CT molecular complexity index is 1070. The molecule has 190 valence electrons. The highest BCUT2D eigenvalue weighted by Crippen LogP contribution is 2.43. The van der Waals surface area contributed by atoms with Crippen molar-refractivity contribution in [2.24, 2.45) is 5.92 Å². The van der Waals surface area contributed by atoms with Crippen LogP contribution in [-0.4, -0.2) is 53.8 Å². The van der Waals surface area contributed by atoms with E-state index in [0.29, 0.717) is 24.2 Å². The first-order valence-corrected chi connectivity index (χ1v) is 13.2. The third kappa shape index (κ3) is 5.42. The fourth-order valence-corrected chi connectivity index (χ4v) is 6.23. The van der Waals surface area contributed by atoms with Gasteiger partial charge in [-0.3, -0.25) is 9.59 Å². The summed E-state index contributed by atoms with van der Waals surface area (Å²) >= 11 is 7.87. The van der Waals surface area contributed by atoms with Crippen LogP contribution in [0.15, 0.2) is 47.6 Å². The molecule has 10 heteroatoms. The molecule has 1 aromatic carbocycles. The number of hydrogen-bond donors (Lipinski definition) is 2. The van der Waals surface area contributed by atoms with Crippen LogP contribution < -0.4 is 10.6 Å². The topological polar surface area (TPSA) is 67.4 Å². The average molecular weight is 529 g/mol. The zero-order valence-corrected chi connectivity index (χ0v) is 21.2. The Morgan fingerprint density at radius 1 is 1.17 bits per heavy atom. The zero-order chi connectivity index (χ0) is 25.5. The minimum absolute atomic E-state index is 0.0601. The van der Waals surface area contributed by atoms with E-state index in [9.17, 15) is 22.8 Å². The minimum atomic E-state index is -4.61. The van der Waals surface area contributed by atoms with Crippen molar-refractivity contribution in [3.8, 4) is 0 Å². The van der Waals surface area contributed by atoms with Gasteiger partial charge in [-0.2, -0.15) is 24.9 Å². The Balaban J connectivity index is 1.58. The lowest BCUT2D eigenvalue weighted by Gasteiger charge is -2.32. The van der Waals surface area contributed by atoms with Gasteiger partial charge in [0.05, 0.1) is 29.7 Å². The molecule has 2 fully saturated rings. The average Bonchev–Trinajstić information content (AvgIpc) is 3.48. The molecule has 2 heterocycles. The minimum Gasteiger partial charge on any atom is -0.372 e. The standard InChI is InChI=1S/C25H28ClF3N2O3S/c1-24(2,12-35-3)31-23(33)20-18-8-9-19(34-18)21(20)30-22(32)16-11-13(25(27,28)29)10-15(16)14-6-4-5-7-17(14)26/h4-7,10-11,15,18-21H,8-9,12H2,1-3H3,(H,30,32)(H,31,33)/t15?,18-,19+,20+,21-/m1/s1. The van der Waals surface area contributed by atoms with Gasteiger partial charge in [0.15, 0.2) is 0 Å². The van der Waals surface area contributed by atoms with Crippen molar-refractivity contribution in [1.29, 1.82) is 0 Å². The predicted octanol–water partition coefficient (Wildman–Crippen LogP) is 4.77. The molecular formula is C25H28ClF3N2O3S. The number of halogens is 4. The third-order valence-corrected chi connectivity index (χ3v) is 8.02. The van der Waals surface area contributed by atoms with Gasteiger partial charge < -0.3 is 15.4 Å². The number of rotatable bonds is 7. The first kappa shape index (κ1) is 26.1. The van der Waals surface area contributed by atoms with Gasteiger partial charge in [0.25, 0.3) is 0 Å². The molecule has 3 aliphatic rings. The zero-order valence-electron chi connectivity index (χ0n) is 19.6. The van der Waals surface area contributed by atoms with Crippen LogP contribution in [-0.2, 0) is 14.3 Å². The summed E-state index contributed by atoms with van der Waals surface area (Å²) in [7, 11) is 0. The number of nitrogens with one attached hydrogen (secondary N) is 2. The second-order valence-electron chi connectivity index (χ2n) is 9.84. The number of benzene rings is 1. The van der Waals surface area contributed by atoms with E-state index in [2.05, 4.69) is 10.6 Å². The molecule has 1 aromatic rings. The number of ether oxygens (including phenoxy) is 1. The second-order valence-corrected chi connectivity index (χ2v) is 11.1. The van der Waals surface area contributed by atoms with Crippen LogP contribution >= 0.6 is 23.4 Å². The number of alkyl halides is 3. The second kappa shape index (κ2) is 9.82. The molecule has 2 bridgehead atoms. The van der Waals surface area contributed by atoms with Gasteiger partial charge in [0.2, 0.25) is 11.8 Å². The van der Waals surface area contributed by atoms with E-state index < -0.39 is 41.1 Å². The molecule has 0 spiro atoms. The molecule has 2 saturated heterocycles. The maximum absolute atomic E-state index is 13.6. The molecule has 0 aromatic heterocycles. The molecule has 5 atom stereocenters. The first-order valence-electron chi connectivity index (χ1n) is 11.4. The maximum atomic E-state index is 13.6. The summed E-state index contributed by atoms with van der Waals surface area (Å²) in [6, 6.07) is 5.89. The van der Waals surface area contributed by atoms with Gasteiger partial charge in [0, 0.05) is 27.8 Å². The molecule has 0 saturated carbocycles. The van der Waals surface area contributed by atoms with E-state index in [1.165, 1.54) is 0 Å². The molecular weight excluding hydrogens is 501 g/mol. The monoisotopic (exact) mass is 528 g/mol. The normalized spacial score (nSPS) is 28.0. The van der Waals surface area contributed by atoms with E-state index in [1.54, 1.807) is 36.0 Å². The molecule has 0 radical (unpaired) electrons. The molecule has 2 aliphatic heterocycles. The smallest absolute Gasteiger partial charge is 0.372 e. The van der Waals surface area contributed by atoms with Gasteiger partial charge in [-0.25, -0.2) is 0 Å². The van der Waals surface area contributed by atoms with Crippen LogP contribution in [0.2, 0.25) is 5.02 Å². The lowest BCUT2D eigenvalue weighted by molar-refractivity contribution is -0.129. The summed E-state index contributed by atoms with van der Waals surface area (Å²) < 4.78 is 46.6. The van der Waals surface area contributed by atoms with Crippen LogP contribution in [0.4, 0.5) is 13.2 Å². The SMILES string of the molecule is CSCC(C)(C)NC(=O)[C@@H]1[C@H](NC(=O)C2=CC(C(F)(F)F)=CC2c2ccccc2Cl)[C@@H]2CC[C@H]1O2. The van der Waals surface area contributed by atoms with Crippen molar-refractivity contribution in [2.75, 3.05) is 12.0 Å². The summed E-state index contributed by atoms with van der Waals surface area (Å²) in [5, 5.41) is 6.16. The largest absolute Gasteiger partial charge is 0.416 e. The maximum Gasteiger partial charge on any atom is 0.416 e. The summed E-state index contributed by atoms with van der Waals surface area (Å²) in [4.78, 5) is 26.6. The van der Waals surface area contributed by atoms with Crippen molar-refractivity contribution >= 4 is 35.2 Å². The van der Waals surface area contributed by atoms with Gasteiger partial charge in [-0.15, -0.1) is 0 Å². The summed E-state index contributed by atoms with van der Waals surface area (Å²) in [6.45, 7) is 3.84. The van der Waals surface area contributed by atoms with Crippen molar-refractivity contribution in [3.63, 3.8) is 0 Å². The number of hydrogen-bond acceptors (Lipinski definition) is 4. The van der Waals surface area contributed by atoms with Crippen molar-refractivity contribution in [3.05, 3.63) is 58.1 Å². The van der Waals surface area contributed by atoms with Crippen LogP contribution in [0.5, 0.6) is 0 Å². The Labute approximate surface area is 211 Å². The number of carbonyl (C=O) groups is 2. The molecule has 5 nitrogen and oxygen atoms in total. The summed E-state index contributed by atoms with van der Waals surface area (Å²) in [6.07, 6.45) is -0.102. The van der Waals surface area contributed by atoms with Gasteiger partial charge in [0.1, 0.15) is 0 Å². The number of thioether (sulfide) groups is 1. The lowest BCUT2D eigenvalue weighted by atomic mass is 9.82. The van der Waals surface area contributed by atoms with E-state index in [1.807, 2.05) is 20.1 Å². The summed E-state index contributed by atoms with van der Waals surface area (Å²) in [5.74, 6) is -1.75. The third-order valence-electron chi connectivity index (χ3n) is 6.66. The fraction of sp³-hybridized carbons (Fsp3) is 0.520. The van der Waals surface area contributed by atoms with Crippen LogP contribution in [0.25, 0.3) is 0 Å². The lowest BCUT2D eigenvalue weighted by Crippen LogP contribution is -2.56. The number of carbonyl (C=O) groups excluding carboxylic acids is 2. The number of amides is 2. The number of fused-ring (bicyclic) bond motifs is 2. The van der Waals surface area contributed by atoms with Crippen LogP contribution in [0.1, 0.15) is 38.2 Å². The van der Waals surface area contributed by atoms with E-state index in [-0.39, 0.29) is 28.7 Å². The van der Waals surface area contributed by atoms with Gasteiger partial charge >= 0.3 is 6.18 Å². The highest BCUT2D eigenvalue weighted by Gasteiger charge is 2.54. The quantitative estimate of drug-likeness (QED) is 0.535. The van der Waals surface area contributed by atoms with E-state index in [0.717, 1.165) is 12.2 Å². The van der Waals surface area contributed by atoms with Gasteiger partial charge in [-0.05, 0) is 50.7 Å². The Morgan fingerprint density at radius 3 is 2.51 bits per heavy atom. The first-order chi connectivity index (χ1) is 16.4. The Morgan fingerprint density at radius 2 is 1.86 bits per heavy atom. The molecule has 4 rings (SSSR count). The van der Waals surface area contributed by atoms with E-state index >= 15 is 0 Å².